The summed E-state index contributed by atoms with van der Waals surface area (Å²) in [6.45, 7) is 3.93. The lowest BCUT2D eigenvalue weighted by Crippen LogP contribution is -2.19. The van der Waals surface area contributed by atoms with E-state index in [4.69, 9.17) is 5.73 Å². The molecular formula is C9H13N3O. The number of aromatic nitrogens is 1. The molecule has 0 bridgehead atoms. The van der Waals surface area contributed by atoms with E-state index in [-0.39, 0.29) is 5.91 Å². The summed E-state index contributed by atoms with van der Waals surface area (Å²) in [6, 6.07) is 1.79. The number of amides is 1. The number of aryl methyl sites for hydroxylation is 1. The van der Waals surface area contributed by atoms with Gasteiger partial charge < -0.3 is 11.1 Å². The molecule has 0 saturated heterocycles. The van der Waals surface area contributed by atoms with Gasteiger partial charge in [-0.2, -0.15) is 0 Å². The Hall–Kier alpha value is -1.58. The van der Waals surface area contributed by atoms with Gasteiger partial charge in [-0.05, 0) is 24.1 Å². The van der Waals surface area contributed by atoms with Crippen molar-refractivity contribution in [1.82, 2.24) is 10.3 Å². The fourth-order valence-electron chi connectivity index (χ4n) is 1.01. The third kappa shape index (κ3) is 2.74. The number of nitrogens with zero attached hydrogens (tertiary/aromatic N) is 1. The van der Waals surface area contributed by atoms with Gasteiger partial charge in [-0.15, -0.1) is 0 Å². The lowest BCUT2D eigenvalue weighted by molar-refractivity contribution is -0.119. The molecule has 0 radical (unpaired) electrons. The van der Waals surface area contributed by atoms with Crippen LogP contribution in [0, 0.1) is 6.92 Å². The molecule has 0 saturated carbocycles. The van der Waals surface area contributed by atoms with Crippen LogP contribution in [0.15, 0.2) is 12.3 Å². The highest BCUT2D eigenvalue weighted by Gasteiger charge is 1.99. The minimum Gasteiger partial charge on any atom is -0.384 e. The number of hydrogen-bond donors (Lipinski definition) is 2. The highest BCUT2D eigenvalue weighted by atomic mass is 16.1. The van der Waals surface area contributed by atoms with Crippen molar-refractivity contribution in [3.8, 4) is 0 Å². The third-order valence-electron chi connectivity index (χ3n) is 1.77. The van der Waals surface area contributed by atoms with Crippen LogP contribution in [0.5, 0.6) is 0 Å². The molecule has 1 rings (SSSR count). The first-order valence-electron chi connectivity index (χ1n) is 4.05. The van der Waals surface area contributed by atoms with E-state index in [2.05, 4.69) is 10.3 Å². The SMILES string of the molecule is CC(=O)NCc1cnc(N)cc1C. The van der Waals surface area contributed by atoms with Gasteiger partial charge in [-0.25, -0.2) is 4.98 Å². The molecule has 4 nitrogen and oxygen atoms in total. The van der Waals surface area contributed by atoms with Gasteiger partial charge in [-0.1, -0.05) is 0 Å². The molecule has 1 aromatic heterocycles. The van der Waals surface area contributed by atoms with Crippen LogP contribution in [-0.4, -0.2) is 10.9 Å². The summed E-state index contributed by atoms with van der Waals surface area (Å²) in [5.41, 5.74) is 7.52. The molecule has 0 unspecified atom stereocenters. The van der Waals surface area contributed by atoms with Crippen LogP contribution < -0.4 is 11.1 Å². The van der Waals surface area contributed by atoms with Gasteiger partial charge >= 0.3 is 0 Å². The second kappa shape index (κ2) is 3.89. The van der Waals surface area contributed by atoms with Crippen molar-refractivity contribution >= 4 is 11.7 Å². The maximum atomic E-state index is 10.6. The molecule has 4 heteroatoms. The predicted molar refractivity (Wildman–Crippen MR) is 50.9 cm³/mol. The van der Waals surface area contributed by atoms with Crippen molar-refractivity contribution < 1.29 is 4.79 Å². The first-order chi connectivity index (χ1) is 6.09. The van der Waals surface area contributed by atoms with E-state index in [1.165, 1.54) is 6.92 Å². The Morgan fingerprint density at radius 2 is 2.38 bits per heavy atom. The van der Waals surface area contributed by atoms with E-state index in [0.29, 0.717) is 12.4 Å². The van der Waals surface area contributed by atoms with Crippen LogP contribution in [0.2, 0.25) is 0 Å². The summed E-state index contributed by atoms with van der Waals surface area (Å²) in [7, 11) is 0. The van der Waals surface area contributed by atoms with E-state index >= 15 is 0 Å². The molecule has 0 fully saturated rings. The molecule has 0 aromatic carbocycles. The molecule has 0 atom stereocenters. The second-order valence-corrected chi connectivity index (χ2v) is 2.95. The standard InChI is InChI=1S/C9H13N3O/c1-6-3-9(10)12-5-8(6)4-11-7(2)13/h3,5H,4H2,1-2H3,(H2,10,12)(H,11,13). The highest BCUT2D eigenvalue weighted by Crippen LogP contribution is 2.08. The molecule has 1 aromatic rings. The number of nitrogen functional groups attached to an aromatic ring is 1. The Balaban J connectivity index is 2.72. The van der Waals surface area contributed by atoms with Gasteiger partial charge in [0.1, 0.15) is 5.82 Å². The molecule has 1 amide bonds. The second-order valence-electron chi connectivity index (χ2n) is 2.95. The Bertz CT molecular complexity index is 323. The van der Waals surface area contributed by atoms with Crippen molar-refractivity contribution in [1.29, 1.82) is 0 Å². The van der Waals surface area contributed by atoms with Crippen LogP contribution in [0.3, 0.4) is 0 Å². The first kappa shape index (κ1) is 9.51. The van der Waals surface area contributed by atoms with Crippen molar-refractivity contribution in [2.75, 3.05) is 5.73 Å². The van der Waals surface area contributed by atoms with Crippen molar-refractivity contribution in [3.63, 3.8) is 0 Å². The first-order valence-corrected chi connectivity index (χ1v) is 4.05. The summed E-state index contributed by atoms with van der Waals surface area (Å²) in [6.07, 6.45) is 1.68. The number of pyridine rings is 1. The zero-order valence-electron chi connectivity index (χ0n) is 7.79. The molecular weight excluding hydrogens is 166 g/mol. The quantitative estimate of drug-likeness (QED) is 0.698. The minimum absolute atomic E-state index is 0.0452. The number of hydrogen-bond acceptors (Lipinski definition) is 3. The number of nitrogens with one attached hydrogen (secondary N) is 1. The molecule has 13 heavy (non-hydrogen) atoms. The van der Waals surface area contributed by atoms with Crippen LogP contribution >= 0.6 is 0 Å². The number of rotatable bonds is 2. The third-order valence-corrected chi connectivity index (χ3v) is 1.77. The highest BCUT2D eigenvalue weighted by molar-refractivity contribution is 5.72. The zero-order valence-corrected chi connectivity index (χ0v) is 7.79. The number of carbonyl (C=O) groups excluding carboxylic acids is 1. The predicted octanol–water partition coefficient (Wildman–Crippen LogP) is 0.608. The number of anilines is 1. The van der Waals surface area contributed by atoms with Crippen LogP contribution in [0.4, 0.5) is 5.82 Å². The monoisotopic (exact) mass is 179 g/mol. The van der Waals surface area contributed by atoms with Crippen LogP contribution in [0.1, 0.15) is 18.1 Å². The lowest BCUT2D eigenvalue weighted by atomic mass is 10.1. The molecule has 1 heterocycles. The largest absolute Gasteiger partial charge is 0.384 e. The topological polar surface area (TPSA) is 68.0 Å². The molecule has 0 aliphatic rings. The van der Waals surface area contributed by atoms with Gasteiger partial charge in [0.15, 0.2) is 0 Å². The number of carbonyl (C=O) groups is 1. The van der Waals surface area contributed by atoms with Crippen molar-refractivity contribution in [2.24, 2.45) is 0 Å². The van der Waals surface area contributed by atoms with Gasteiger partial charge in [0, 0.05) is 19.7 Å². The van der Waals surface area contributed by atoms with E-state index in [1.807, 2.05) is 6.92 Å². The van der Waals surface area contributed by atoms with E-state index in [9.17, 15) is 4.79 Å². The van der Waals surface area contributed by atoms with Gasteiger partial charge in [0.2, 0.25) is 5.91 Å². The average Bonchev–Trinajstić information content (AvgIpc) is 2.02. The lowest BCUT2D eigenvalue weighted by Gasteiger charge is -2.05. The maximum Gasteiger partial charge on any atom is 0.217 e. The van der Waals surface area contributed by atoms with Crippen LogP contribution in [-0.2, 0) is 11.3 Å². The summed E-state index contributed by atoms with van der Waals surface area (Å²) < 4.78 is 0. The Morgan fingerprint density at radius 3 is 2.92 bits per heavy atom. The summed E-state index contributed by atoms with van der Waals surface area (Å²) >= 11 is 0. The van der Waals surface area contributed by atoms with E-state index < -0.39 is 0 Å². The Morgan fingerprint density at radius 1 is 1.69 bits per heavy atom. The molecule has 0 aliphatic heterocycles. The smallest absolute Gasteiger partial charge is 0.217 e. The number of nitrogens with two attached hydrogens (primary N) is 1. The van der Waals surface area contributed by atoms with E-state index in [1.54, 1.807) is 12.3 Å². The fourth-order valence-corrected chi connectivity index (χ4v) is 1.01. The Kier molecular flexibility index (Phi) is 2.84. The van der Waals surface area contributed by atoms with Crippen molar-refractivity contribution in [2.45, 2.75) is 20.4 Å². The van der Waals surface area contributed by atoms with Crippen LogP contribution in [0.25, 0.3) is 0 Å². The van der Waals surface area contributed by atoms with Crippen molar-refractivity contribution in [3.05, 3.63) is 23.4 Å². The average molecular weight is 179 g/mol. The summed E-state index contributed by atoms with van der Waals surface area (Å²) in [5, 5.41) is 2.70. The minimum atomic E-state index is -0.0452. The van der Waals surface area contributed by atoms with E-state index in [0.717, 1.165) is 11.1 Å². The maximum absolute atomic E-state index is 10.6. The molecule has 0 aliphatic carbocycles. The van der Waals surface area contributed by atoms with Gasteiger partial charge in [0.05, 0.1) is 0 Å². The molecule has 0 spiro atoms. The Labute approximate surface area is 77.2 Å². The molecule has 70 valence electrons. The zero-order chi connectivity index (χ0) is 9.84. The summed E-state index contributed by atoms with van der Waals surface area (Å²) in [5.74, 6) is 0.459. The summed E-state index contributed by atoms with van der Waals surface area (Å²) in [4.78, 5) is 14.6. The van der Waals surface area contributed by atoms with Gasteiger partial charge in [-0.3, -0.25) is 4.79 Å². The normalized spacial score (nSPS) is 9.69. The fraction of sp³-hybridized carbons (Fsp3) is 0.333. The molecule has 3 N–H and O–H groups in total. The van der Waals surface area contributed by atoms with Gasteiger partial charge in [0.25, 0.3) is 0 Å².